The van der Waals surface area contributed by atoms with Crippen LogP contribution in [0.4, 0.5) is 0 Å². The smallest absolute Gasteiger partial charge is 0.119 e. The van der Waals surface area contributed by atoms with Crippen molar-refractivity contribution in [2.45, 2.75) is 20.0 Å². The summed E-state index contributed by atoms with van der Waals surface area (Å²) in [6, 6.07) is 7.97. The first-order valence-electron chi connectivity index (χ1n) is 4.85. The summed E-state index contributed by atoms with van der Waals surface area (Å²) in [5.41, 5.74) is 6.51. The lowest BCUT2D eigenvalue weighted by Gasteiger charge is -2.09. The Morgan fingerprint density at radius 3 is 2.43 bits per heavy atom. The highest BCUT2D eigenvalue weighted by atomic mass is 16.5. The average Bonchev–Trinajstić information content (AvgIpc) is 2.16. The van der Waals surface area contributed by atoms with Gasteiger partial charge in [-0.1, -0.05) is 24.3 Å². The second-order valence-electron chi connectivity index (χ2n) is 3.37. The molecule has 0 amide bonds. The average molecular weight is 191 g/mol. The highest BCUT2D eigenvalue weighted by Crippen LogP contribution is 2.14. The van der Waals surface area contributed by atoms with E-state index in [0.29, 0.717) is 6.54 Å². The van der Waals surface area contributed by atoms with Crippen molar-refractivity contribution in [2.75, 3.05) is 6.54 Å². The monoisotopic (exact) mass is 191 g/mol. The second-order valence-corrected chi connectivity index (χ2v) is 3.37. The third-order valence-corrected chi connectivity index (χ3v) is 1.70. The topological polar surface area (TPSA) is 35.2 Å². The van der Waals surface area contributed by atoms with Crippen LogP contribution in [0.1, 0.15) is 19.4 Å². The van der Waals surface area contributed by atoms with Crippen molar-refractivity contribution in [3.05, 3.63) is 35.9 Å². The van der Waals surface area contributed by atoms with Gasteiger partial charge in [0.2, 0.25) is 0 Å². The lowest BCUT2D eigenvalue weighted by molar-refractivity contribution is 0.242. The largest absolute Gasteiger partial charge is 0.491 e. The number of hydrogen-bond donors (Lipinski definition) is 1. The molecule has 0 heterocycles. The molecule has 0 radical (unpaired) electrons. The van der Waals surface area contributed by atoms with Crippen LogP contribution in [-0.2, 0) is 0 Å². The van der Waals surface area contributed by atoms with E-state index in [-0.39, 0.29) is 6.10 Å². The van der Waals surface area contributed by atoms with Crippen molar-refractivity contribution < 1.29 is 4.74 Å². The standard InChI is InChI=1S/C12H17NO/c1-10(2)14-12-7-5-11(6-8-12)4-3-9-13/h3-8,10H,9,13H2,1-2H3. The van der Waals surface area contributed by atoms with E-state index < -0.39 is 0 Å². The maximum atomic E-state index is 5.52. The Hall–Kier alpha value is -1.28. The third kappa shape index (κ3) is 3.62. The molecule has 0 unspecified atom stereocenters. The molecule has 0 atom stereocenters. The van der Waals surface area contributed by atoms with Crippen molar-refractivity contribution in [2.24, 2.45) is 5.73 Å². The van der Waals surface area contributed by atoms with Crippen molar-refractivity contribution in [1.29, 1.82) is 0 Å². The fourth-order valence-corrected chi connectivity index (χ4v) is 1.13. The fraction of sp³-hybridized carbons (Fsp3) is 0.333. The molecule has 0 aliphatic rings. The molecule has 1 aromatic rings. The van der Waals surface area contributed by atoms with E-state index in [2.05, 4.69) is 0 Å². The van der Waals surface area contributed by atoms with Gasteiger partial charge in [0, 0.05) is 6.54 Å². The van der Waals surface area contributed by atoms with Crippen LogP contribution in [0.15, 0.2) is 30.3 Å². The zero-order valence-corrected chi connectivity index (χ0v) is 8.73. The van der Waals surface area contributed by atoms with Crippen molar-refractivity contribution in [3.63, 3.8) is 0 Å². The molecule has 76 valence electrons. The van der Waals surface area contributed by atoms with E-state index in [0.717, 1.165) is 11.3 Å². The molecule has 0 saturated carbocycles. The number of hydrogen-bond acceptors (Lipinski definition) is 2. The Bertz CT molecular complexity index is 288. The minimum absolute atomic E-state index is 0.223. The Morgan fingerprint density at radius 1 is 1.29 bits per heavy atom. The number of ether oxygens (including phenoxy) is 1. The van der Waals surface area contributed by atoms with Gasteiger partial charge in [-0.25, -0.2) is 0 Å². The molecule has 0 aliphatic heterocycles. The van der Waals surface area contributed by atoms with Gasteiger partial charge in [-0.05, 0) is 31.5 Å². The van der Waals surface area contributed by atoms with Gasteiger partial charge < -0.3 is 10.5 Å². The maximum Gasteiger partial charge on any atom is 0.119 e. The number of benzene rings is 1. The lowest BCUT2D eigenvalue weighted by Crippen LogP contribution is -2.05. The summed E-state index contributed by atoms with van der Waals surface area (Å²) in [5.74, 6) is 0.907. The Labute approximate surface area is 85.4 Å². The summed E-state index contributed by atoms with van der Waals surface area (Å²) in [6.07, 6.45) is 4.15. The number of rotatable bonds is 4. The van der Waals surface area contributed by atoms with Gasteiger partial charge in [-0.15, -0.1) is 0 Å². The van der Waals surface area contributed by atoms with Crippen LogP contribution >= 0.6 is 0 Å². The molecule has 2 N–H and O–H groups in total. The van der Waals surface area contributed by atoms with Crippen molar-refractivity contribution in [1.82, 2.24) is 0 Å². The van der Waals surface area contributed by atoms with Gasteiger partial charge in [0.1, 0.15) is 5.75 Å². The van der Waals surface area contributed by atoms with Gasteiger partial charge in [0.05, 0.1) is 6.10 Å². The van der Waals surface area contributed by atoms with Gasteiger partial charge in [0.15, 0.2) is 0 Å². The fourth-order valence-electron chi connectivity index (χ4n) is 1.13. The van der Waals surface area contributed by atoms with Crippen LogP contribution in [0.5, 0.6) is 5.75 Å². The van der Waals surface area contributed by atoms with Crippen molar-refractivity contribution in [3.8, 4) is 5.75 Å². The summed E-state index contributed by atoms with van der Waals surface area (Å²) in [6.45, 7) is 4.61. The quantitative estimate of drug-likeness (QED) is 0.793. The van der Waals surface area contributed by atoms with Gasteiger partial charge in [0.25, 0.3) is 0 Å². The summed E-state index contributed by atoms with van der Waals surface area (Å²) in [5, 5.41) is 0. The molecule has 0 aromatic heterocycles. The predicted octanol–water partition coefficient (Wildman–Crippen LogP) is 2.45. The Morgan fingerprint density at radius 2 is 1.93 bits per heavy atom. The molecule has 0 bridgehead atoms. The van der Waals surface area contributed by atoms with E-state index in [1.54, 1.807) is 0 Å². The van der Waals surface area contributed by atoms with E-state index in [9.17, 15) is 0 Å². The zero-order chi connectivity index (χ0) is 10.4. The highest BCUT2D eigenvalue weighted by Gasteiger charge is 1.95. The van der Waals surface area contributed by atoms with Crippen LogP contribution in [0, 0.1) is 0 Å². The summed E-state index contributed by atoms with van der Waals surface area (Å²) >= 11 is 0. The van der Waals surface area contributed by atoms with Gasteiger partial charge >= 0.3 is 0 Å². The predicted molar refractivity (Wildman–Crippen MR) is 60.3 cm³/mol. The van der Waals surface area contributed by atoms with Crippen LogP contribution in [-0.4, -0.2) is 12.6 Å². The van der Waals surface area contributed by atoms with Gasteiger partial charge in [-0.3, -0.25) is 0 Å². The summed E-state index contributed by atoms with van der Waals surface area (Å²) in [7, 11) is 0. The van der Waals surface area contributed by atoms with Crippen LogP contribution in [0.2, 0.25) is 0 Å². The Kier molecular flexibility index (Phi) is 4.20. The maximum absolute atomic E-state index is 5.52. The molecular weight excluding hydrogens is 174 g/mol. The molecule has 0 aliphatic carbocycles. The molecule has 1 aromatic carbocycles. The van der Waals surface area contributed by atoms with E-state index >= 15 is 0 Å². The first-order valence-corrected chi connectivity index (χ1v) is 4.85. The van der Waals surface area contributed by atoms with E-state index in [1.165, 1.54) is 0 Å². The lowest BCUT2D eigenvalue weighted by atomic mass is 10.2. The molecular formula is C12H17NO. The van der Waals surface area contributed by atoms with Crippen molar-refractivity contribution >= 4 is 6.08 Å². The molecule has 1 rings (SSSR count). The van der Waals surface area contributed by atoms with E-state index in [4.69, 9.17) is 10.5 Å². The second kappa shape index (κ2) is 5.45. The van der Waals surface area contributed by atoms with Crippen LogP contribution < -0.4 is 10.5 Å². The molecule has 0 spiro atoms. The minimum Gasteiger partial charge on any atom is -0.491 e. The third-order valence-electron chi connectivity index (χ3n) is 1.70. The normalized spacial score (nSPS) is 11.1. The molecule has 2 heteroatoms. The van der Waals surface area contributed by atoms with Gasteiger partial charge in [-0.2, -0.15) is 0 Å². The summed E-state index contributed by atoms with van der Waals surface area (Å²) in [4.78, 5) is 0. The summed E-state index contributed by atoms with van der Waals surface area (Å²) < 4.78 is 5.52. The highest BCUT2D eigenvalue weighted by molar-refractivity contribution is 5.50. The molecule has 0 fully saturated rings. The molecule has 2 nitrogen and oxygen atoms in total. The number of nitrogens with two attached hydrogens (primary N) is 1. The Balaban J connectivity index is 2.64. The van der Waals surface area contributed by atoms with E-state index in [1.807, 2.05) is 50.3 Å². The first-order chi connectivity index (χ1) is 6.72. The van der Waals surface area contributed by atoms with Crippen LogP contribution in [0.3, 0.4) is 0 Å². The van der Waals surface area contributed by atoms with Crippen LogP contribution in [0.25, 0.3) is 6.08 Å². The first kappa shape index (κ1) is 10.8. The molecule has 0 saturated heterocycles. The minimum atomic E-state index is 0.223. The zero-order valence-electron chi connectivity index (χ0n) is 8.73. The SMILES string of the molecule is CC(C)Oc1ccc(C=CCN)cc1. The molecule has 14 heavy (non-hydrogen) atoms.